The van der Waals surface area contributed by atoms with Crippen molar-refractivity contribution in [2.45, 2.75) is 11.8 Å². The number of carbonyl (C=O) groups is 1. The maximum absolute atomic E-state index is 12.3. The monoisotopic (exact) mass is 314 g/mol. The third kappa shape index (κ3) is 2.60. The van der Waals surface area contributed by atoms with Gasteiger partial charge in [-0.1, -0.05) is 18.2 Å². The Kier molecular flexibility index (Phi) is 3.46. The Morgan fingerprint density at radius 2 is 1.82 bits per heavy atom. The molecule has 2 N–H and O–H groups in total. The molecular weight excluding hydrogens is 300 g/mol. The van der Waals surface area contributed by atoms with Crippen LogP contribution in [0.5, 0.6) is 0 Å². The second-order valence-electron chi connectivity index (χ2n) is 4.94. The van der Waals surface area contributed by atoms with Gasteiger partial charge in [0.15, 0.2) is 5.78 Å². The summed E-state index contributed by atoms with van der Waals surface area (Å²) in [5, 5.41) is 0.695. The van der Waals surface area contributed by atoms with Crippen molar-refractivity contribution in [3.05, 3.63) is 60.3 Å². The van der Waals surface area contributed by atoms with Gasteiger partial charge in [-0.05, 0) is 37.3 Å². The molecule has 0 aliphatic rings. The van der Waals surface area contributed by atoms with Gasteiger partial charge in [-0.3, -0.25) is 9.52 Å². The van der Waals surface area contributed by atoms with Crippen molar-refractivity contribution in [3.63, 3.8) is 0 Å². The molecule has 0 aliphatic heterocycles. The van der Waals surface area contributed by atoms with Crippen LogP contribution in [0.25, 0.3) is 10.9 Å². The van der Waals surface area contributed by atoms with E-state index in [1.54, 1.807) is 42.6 Å². The van der Waals surface area contributed by atoms with E-state index in [0.717, 1.165) is 5.52 Å². The fraction of sp³-hybridized carbons (Fsp3) is 0.0625. The predicted octanol–water partition coefficient (Wildman–Crippen LogP) is 3.17. The van der Waals surface area contributed by atoms with Crippen LogP contribution in [0.4, 0.5) is 5.69 Å². The maximum atomic E-state index is 12.3. The van der Waals surface area contributed by atoms with Gasteiger partial charge in [0.05, 0.1) is 4.90 Å². The van der Waals surface area contributed by atoms with Crippen molar-refractivity contribution < 1.29 is 13.2 Å². The third-order valence-corrected chi connectivity index (χ3v) is 4.76. The molecule has 2 aromatic carbocycles. The molecule has 5 nitrogen and oxygen atoms in total. The van der Waals surface area contributed by atoms with E-state index < -0.39 is 10.0 Å². The second kappa shape index (κ2) is 5.31. The first-order valence-corrected chi connectivity index (χ1v) is 8.15. The van der Waals surface area contributed by atoms with E-state index >= 15 is 0 Å². The summed E-state index contributed by atoms with van der Waals surface area (Å²) in [4.78, 5) is 14.8. The Balaban J connectivity index is 2.01. The van der Waals surface area contributed by atoms with E-state index in [1.807, 2.05) is 0 Å². The molecule has 0 fully saturated rings. The van der Waals surface area contributed by atoms with Crippen LogP contribution in [0, 0.1) is 0 Å². The van der Waals surface area contributed by atoms with Gasteiger partial charge < -0.3 is 4.98 Å². The first kappa shape index (κ1) is 14.3. The van der Waals surface area contributed by atoms with Crippen LogP contribution in [0.3, 0.4) is 0 Å². The minimum Gasteiger partial charge on any atom is -0.360 e. The minimum absolute atomic E-state index is 0.0747. The molecule has 0 saturated heterocycles. The molecule has 3 aromatic rings. The van der Waals surface area contributed by atoms with Gasteiger partial charge in [0.2, 0.25) is 0 Å². The molecule has 0 unspecified atom stereocenters. The molecular formula is C16H14N2O3S. The van der Waals surface area contributed by atoms with Crippen LogP contribution in [-0.4, -0.2) is 19.2 Å². The average Bonchev–Trinajstić information content (AvgIpc) is 2.91. The SMILES string of the molecule is CC(=O)c1c[nH]c2ccc(NS(=O)(=O)c3ccccc3)cc12. The lowest BCUT2D eigenvalue weighted by Crippen LogP contribution is -2.12. The molecule has 0 radical (unpaired) electrons. The van der Waals surface area contributed by atoms with Crippen LogP contribution in [0.1, 0.15) is 17.3 Å². The van der Waals surface area contributed by atoms with Crippen LogP contribution < -0.4 is 4.72 Å². The fourth-order valence-electron chi connectivity index (χ4n) is 2.29. The Bertz CT molecular complexity index is 944. The molecule has 0 bridgehead atoms. The highest BCUT2D eigenvalue weighted by atomic mass is 32.2. The zero-order valence-electron chi connectivity index (χ0n) is 11.8. The molecule has 0 amide bonds. The second-order valence-corrected chi connectivity index (χ2v) is 6.62. The predicted molar refractivity (Wildman–Crippen MR) is 85.6 cm³/mol. The summed E-state index contributed by atoms with van der Waals surface area (Å²) in [5.74, 6) is -0.0747. The minimum atomic E-state index is -3.64. The average molecular weight is 314 g/mol. The topological polar surface area (TPSA) is 79.0 Å². The van der Waals surface area contributed by atoms with E-state index in [0.29, 0.717) is 16.6 Å². The van der Waals surface area contributed by atoms with E-state index in [-0.39, 0.29) is 10.7 Å². The number of aromatic amines is 1. The highest BCUT2D eigenvalue weighted by Crippen LogP contribution is 2.24. The fourth-order valence-corrected chi connectivity index (χ4v) is 3.36. The molecule has 1 heterocycles. The molecule has 0 spiro atoms. The maximum Gasteiger partial charge on any atom is 0.261 e. The van der Waals surface area contributed by atoms with Crippen molar-refractivity contribution in [1.29, 1.82) is 0 Å². The highest BCUT2D eigenvalue weighted by molar-refractivity contribution is 7.92. The number of H-pyrrole nitrogens is 1. The quantitative estimate of drug-likeness (QED) is 0.726. The van der Waals surface area contributed by atoms with Gasteiger partial charge in [0.1, 0.15) is 0 Å². The van der Waals surface area contributed by atoms with Crippen molar-refractivity contribution in [2.24, 2.45) is 0 Å². The van der Waals surface area contributed by atoms with Crippen LogP contribution >= 0.6 is 0 Å². The van der Waals surface area contributed by atoms with Gasteiger partial charge in [-0.15, -0.1) is 0 Å². The molecule has 6 heteroatoms. The van der Waals surface area contributed by atoms with E-state index in [4.69, 9.17) is 0 Å². The summed E-state index contributed by atoms with van der Waals surface area (Å²) in [6.07, 6.45) is 1.63. The number of Topliss-reactive ketones (excluding diaryl/α,β-unsaturated/α-hetero) is 1. The Labute approximate surface area is 128 Å². The number of carbonyl (C=O) groups excluding carboxylic acids is 1. The number of hydrogen-bond acceptors (Lipinski definition) is 3. The number of nitrogens with one attached hydrogen (secondary N) is 2. The van der Waals surface area contributed by atoms with E-state index in [9.17, 15) is 13.2 Å². The van der Waals surface area contributed by atoms with Gasteiger partial charge in [-0.25, -0.2) is 8.42 Å². The Morgan fingerprint density at radius 3 is 2.50 bits per heavy atom. The number of ketones is 1. The molecule has 3 rings (SSSR count). The first-order valence-electron chi connectivity index (χ1n) is 6.67. The standard InChI is InChI=1S/C16H14N2O3S/c1-11(19)15-10-17-16-8-7-12(9-14(15)16)18-22(20,21)13-5-3-2-4-6-13/h2-10,17-18H,1H3. The van der Waals surface area contributed by atoms with Gasteiger partial charge in [-0.2, -0.15) is 0 Å². The lowest BCUT2D eigenvalue weighted by atomic mass is 10.1. The summed E-state index contributed by atoms with van der Waals surface area (Å²) in [6, 6.07) is 13.2. The molecule has 1 aromatic heterocycles. The molecule has 0 aliphatic carbocycles. The van der Waals surface area contributed by atoms with E-state index in [1.165, 1.54) is 19.1 Å². The smallest absolute Gasteiger partial charge is 0.261 e. The Morgan fingerprint density at radius 1 is 1.09 bits per heavy atom. The van der Waals surface area contributed by atoms with Crippen molar-refractivity contribution in [2.75, 3.05) is 4.72 Å². The van der Waals surface area contributed by atoms with Crippen molar-refractivity contribution >= 4 is 32.4 Å². The normalized spacial score (nSPS) is 11.5. The van der Waals surface area contributed by atoms with Crippen LogP contribution in [0.15, 0.2) is 59.6 Å². The lowest BCUT2D eigenvalue weighted by Gasteiger charge is -2.08. The third-order valence-electron chi connectivity index (χ3n) is 3.37. The summed E-state index contributed by atoms with van der Waals surface area (Å²) >= 11 is 0. The largest absolute Gasteiger partial charge is 0.360 e. The van der Waals surface area contributed by atoms with Crippen molar-refractivity contribution in [3.8, 4) is 0 Å². The number of anilines is 1. The Hall–Kier alpha value is -2.60. The zero-order chi connectivity index (χ0) is 15.7. The van der Waals surface area contributed by atoms with Crippen molar-refractivity contribution in [1.82, 2.24) is 4.98 Å². The zero-order valence-corrected chi connectivity index (χ0v) is 12.6. The highest BCUT2D eigenvalue weighted by Gasteiger charge is 2.15. The number of hydrogen-bond donors (Lipinski definition) is 2. The summed E-state index contributed by atoms with van der Waals surface area (Å²) in [6.45, 7) is 1.48. The molecule has 22 heavy (non-hydrogen) atoms. The number of aromatic nitrogens is 1. The lowest BCUT2D eigenvalue weighted by molar-refractivity contribution is 0.101. The number of fused-ring (bicyclic) bond motifs is 1. The number of rotatable bonds is 4. The molecule has 0 saturated carbocycles. The summed E-state index contributed by atoms with van der Waals surface area (Å²) in [5.41, 5.74) is 1.74. The molecule has 0 atom stereocenters. The van der Waals surface area contributed by atoms with Crippen LogP contribution in [-0.2, 0) is 10.0 Å². The van der Waals surface area contributed by atoms with Gasteiger partial charge in [0, 0.05) is 28.4 Å². The van der Waals surface area contributed by atoms with Crippen LogP contribution in [0.2, 0.25) is 0 Å². The number of benzene rings is 2. The summed E-state index contributed by atoms with van der Waals surface area (Å²) in [7, 11) is -3.64. The molecule has 112 valence electrons. The number of sulfonamides is 1. The van der Waals surface area contributed by atoms with Gasteiger partial charge in [0.25, 0.3) is 10.0 Å². The van der Waals surface area contributed by atoms with E-state index in [2.05, 4.69) is 9.71 Å². The first-order chi connectivity index (χ1) is 10.5. The van der Waals surface area contributed by atoms with Gasteiger partial charge >= 0.3 is 0 Å². The summed E-state index contributed by atoms with van der Waals surface area (Å²) < 4.78 is 27.1.